The van der Waals surface area contributed by atoms with Crippen molar-refractivity contribution in [1.29, 1.82) is 0 Å². The van der Waals surface area contributed by atoms with Gasteiger partial charge in [-0.05, 0) is 36.0 Å². The summed E-state index contributed by atoms with van der Waals surface area (Å²) in [5, 5.41) is 3.04. The van der Waals surface area contributed by atoms with Crippen LogP contribution in [0.2, 0.25) is 0 Å². The van der Waals surface area contributed by atoms with Crippen molar-refractivity contribution in [3.05, 3.63) is 108 Å². The minimum atomic E-state index is -0.450. The van der Waals surface area contributed by atoms with Gasteiger partial charge in [-0.1, -0.05) is 91.0 Å². The number of carbonyl (C=O) groups is 1. The average molecular weight is 484 g/mol. The third-order valence-corrected chi connectivity index (χ3v) is 7.16. The lowest BCUT2D eigenvalue weighted by Crippen LogP contribution is -3.00. The number of thioether (sulfide) groups is 1. The Kier molecular flexibility index (Phi) is 11.5. The summed E-state index contributed by atoms with van der Waals surface area (Å²) in [7, 11) is 0. The number of unbranched alkanes of at least 4 members (excludes halogenated alkanes) is 1. The lowest BCUT2D eigenvalue weighted by Gasteiger charge is -2.35. The van der Waals surface area contributed by atoms with E-state index in [9.17, 15) is 4.79 Å². The van der Waals surface area contributed by atoms with Gasteiger partial charge in [-0.25, -0.2) is 0 Å². The molecule has 0 heterocycles. The number of nitrogens with one attached hydrogen (secondary N) is 1. The first-order valence-corrected chi connectivity index (χ1v) is 12.3. The second-order valence-electron chi connectivity index (χ2n) is 7.87. The van der Waals surface area contributed by atoms with E-state index in [0.717, 1.165) is 25.1 Å². The summed E-state index contributed by atoms with van der Waals surface area (Å²) in [4.78, 5) is 12.4. The molecule has 0 fully saturated rings. The predicted molar refractivity (Wildman–Crippen MR) is 134 cm³/mol. The fraction of sp³-hybridized carbons (Fsp3) is 0.296. The van der Waals surface area contributed by atoms with E-state index in [1.165, 1.54) is 16.7 Å². The molecule has 0 spiro atoms. The van der Waals surface area contributed by atoms with Gasteiger partial charge in [-0.3, -0.25) is 4.79 Å². The van der Waals surface area contributed by atoms with Crippen LogP contribution in [0.5, 0.6) is 0 Å². The standard InChI is InChI=1S/C27H33N3OS.ClH/c28-19-11-10-18-25(29)26(31)30-20-21-32-27(22-12-4-1-5-13-22,23-14-6-2-7-15-23)24-16-8-3-9-17-24;/h1-9,12-17,25H,10-11,18-21,28-29H2,(H,30,31);1H. The molecule has 3 aromatic rings. The van der Waals surface area contributed by atoms with E-state index in [0.29, 0.717) is 13.0 Å². The molecule has 33 heavy (non-hydrogen) atoms. The molecule has 176 valence electrons. The van der Waals surface area contributed by atoms with Gasteiger partial charge in [-0.15, -0.1) is 11.8 Å². The molecule has 0 aromatic heterocycles. The highest BCUT2D eigenvalue weighted by molar-refractivity contribution is 8.00. The minimum absolute atomic E-state index is 0. The molecule has 0 bridgehead atoms. The smallest absolute Gasteiger partial charge is 0.236 e. The lowest BCUT2D eigenvalue weighted by atomic mass is 9.84. The molecule has 4 nitrogen and oxygen atoms in total. The first kappa shape index (κ1) is 26.9. The zero-order valence-corrected chi connectivity index (χ0v) is 20.5. The van der Waals surface area contributed by atoms with E-state index in [4.69, 9.17) is 5.73 Å². The van der Waals surface area contributed by atoms with Crippen LogP contribution in [-0.4, -0.2) is 30.8 Å². The van der Waals surface area contributed by atoms with Gasteiger partial charge in [0, 0.05) is 12.3 Å². The van der Waals surface area contributed by atoms with Gasteiger partial charge in [0.15, 0.2) is 0 Å². The van der Waals surface area contributed by atoms with E-state index >= 15 is 0 Å². The zero-order chi connectivity index (χ0) is 22.7. The topological polar surface area (TPSA) is 82.8 Å². The summed E-state index contributed by atoms with van der Waals surface area (Å²) >= 11 is 1.84. The Bertz CT molecular complexity index is 845. The van der Waals surface area contributed by atoms with E-state index in [1.54, 1.807) is 0 Å². The molecule has 1 amide bonds. The molecule has 0 aliphatic carbocycles. The van der Waals surface area contributed by atoms with Gasteiger partial charge in [0.05, 0.1) is 17.3 Å². The monoisotopic (exact) mass is 483 g/mol. The second-order valence-corrected chi connectivity index (χ2v) is 9.18. The third-order valence-electron chi connectivity index (χ3n) is 5.61. The highest BCUT2D eigenvalue weighted by Gasteiger charge is 2.36. The summed E-state index contributed by atoms with van der Waals surface area (Å²) in [6.45, 7) is 1.45. The molecule has 6 heteroatoms. The largest absolute Gasteiger partial charge is 1.00 e. The fourth-order valence-corrected chi connectivity index (χ4v) is 5.37. The van der Waals surface area contributed by atoms with Crippen LogP contribution < -0.4 is 29.2 Å². The first-order chi connectivity index (χ1) is 15.7. The predicted octanol–water partition coefficient (Wildman–Crippen LogP) is 0.571. The molecular formula is C27H34ClN3OS. The Morgan fingerprint density at radius 2 is 1.30 bits per heavy atom. The molecular weight excluding hydrogens is 450 g/mol. The first-order valence-electron chi connectivity index (χ1n) is 11.3. The van der Waals surface area contributed by atoms with Crippen molar-refractivity contribution in [3.8, 4) is 0 Å². The summed E-state index contributed by atoms with van der Waals surface area (Å²) in [5.74, 6) is 0.690. The van der Waals surface area contributed by atoms with E-state index in [-0.39, 0.29) is 23.1 Å². The third kappa shape index (κ3) is 7.08. The van der Waals surface area contributed by atoms with Crippen LogP contribution in [0.1, 0.15) is 36.0 Å². The van der Waals surface area contributed by atoms with Crippen LogP contribution in [0.3, 0.4) is 0 Å². The number of benzene rings is 3. The van der Waals surface area contributed by atoms with Crippen molar-refractivity contribution >= 4 is 17.7 Å². The Hall–Kier alpha value is -2.31. The van der Waals surface area contributed by atoms with Crippen molar-refractivity contribution in [3.63, 3.8) is 0 Å². The SMILES string of the molecule is NC(CCCC[NH3+])C(=O)NCCSC(c1ccccc1)(c1ccccc1)c1ccccc1.[Cl-]. The molecule has 0 radical (unpaired) electrons. The summed E-state index contributed by atoms with van der Waals surface area (Å²) in [5.41, 5.74) is 13.6. The van der Waals surface area contributed by atoms with Crippen LogP contribution in [0.15, 0.2) is 91.0 Å². The molecule has 0 saturated heterocycles. The van der Waals surface area contributed by atoms with Crippen molar-refractivity contribution in [2.75, 3.05) is 18.8 Å². The van der Waals surface area contributed by atoms with Crippen LogP contribution >= 0.6 is 11.8 Å². The van der Waals surface area contributed by atoms with E-state index in [1.807, 2.05) is 30.0 Å². The molecule has 3 rings (SSSR count). The number of amides is 1. The summed E-state index contributed by atoms with van der Waals surface area (Å²) < 4.78 is -0.370. The van der Waals surface area contributed by atoms with Crippen molar-refractivity contribution < 1.29 is 22.9 Å². The molecule has 1 atom stereocenters. The number of hydrogen-bond acceptors (Lipinski definition) is 3. The number of carbonyl (C=O) groups excluding carboxylic acids is 1. The quantitative estimate of drug-likeness (QED) is 0.260. The molecule has 6 N–H and O–H groups in total. The maximum absolute atomic E-state index is 12.4. The number of quaternary nitrogens is 1. The second kappa shape index (κ2) is 14.1. The molecule has 0 saturated carbocycles. The van der Waals surface area contributed by atoms with Crippen LogP contribution in [0.4, 0.5) is 0 Å². The van der Waals surface area contributed by atoms with Crippen LogP contribution in [-0.2, 0) is 9.54 Å². The van der Waals surface area contributed by atoms with Crippen molar-refractivity contribution in [2.24, 2.45) is 5.73 Å². The number of halogens is 1. The van der Waals surface area contributed by atoms with Gasteiger partial charge < -0.3 is 29.2 Å². The highest BCUT2D eigenvalue weighted by atomic mass is 35.5. The summed E-state index contributed by atoms with van der Waals surface area (Å²) in [6, 6.07) is 31.3. The average Bonchev–Trinajstić information content (AvgIpc) is 2.86. The number of nitrogens with two attached hydrogens (primary N) is 1. The van der Waals surface area contributed by atoms with Gasteiger partial charge in [0.2, 0.25) is 5.91 Å². The molecule has 0 aliphatic heterocycles. The summed E-state index contributed by atoms with van der Waals surface area (Å²) in [6.07, 6.45) is 2.65. The molecule has 0 aliphatic rings. The molecule has 1 unspecified atom stereocenters. The van der Waals surface area contributed by atoms with Crippen LogP contribution in [0, 0.1) is 0 Å². The Labute approximate surface area is 207 Å². The van der Waals surface area contributed by atoms with E-state index < -0.39 is 6.04 Å². The van der Waals surface area contributed by atoms with Gasteiger partial charge in [0.25, 0.3) is 0 Å². The Morgan fingerprint density at radius 1 is 0.848 bits per heavy atom. The van der Waals surface area contributed by atoms with Crippen molar-refractivity contribution in [1.82, 2.24) is 5.32 Å². The van der Waals surface area contributed by atoms with Gasteiger partial charge in [0.1, 0.15) is 0 Å². The normalized spacial score (nSPS) is 11.9. The number of hydrogen-bond donors (Lipinski definition) is 3. The van der Waals surface area contributed by atoms with Crippen LogP contribution in [0.25, 0.3) is 0 Å². The molecule has 3 aromatic carbocycles. The Morgan fingerprint density at radius 3 is 1.73 bits per heavy atom. The lowest BCUT2D eigenvalue weighted by molar-refractivity contribution is -0.368. The van der Waals surface area contributed by atoms with Gasteiger partial charge >= 0.3 is 0 Å². The van der Waals surface area contributed by atoms with Crippen molar-refractivity contribution in [2.45, 2.75) is 30.1 Å². The van der Waals surface area contributed by atoms with E-state index in [2.05, 4.69) is 83.8 Å². The number of rotatable bonds is 12. The fourth-order valence-electron chi connectivity index (χ4n) is 3.95. The Balaban J connectivity index is 0.00000385. The zero-order valence-electron chi connectivity index (χ0n) is 19.0. The highest BCUT2D eigenvalue weighted by Crippen LogP contribution is 2.48. The van der Waals surface area contributed by atoms with Gasteiger partial charge in [-0.2, -0.15) is 0 Å². The maximum atomic E-state index is 12.4. The maximum Gasteiger partial charge on any atom is 0.236 e. The minimum Gasteiger partial charge on any atom is -1.00 e.